The molecule has 0 aliphatic carbocycles. The van der Waals surface area contributed by atoms with Gasteiger partial charge in [-0.1, -0.05) is 0 Å². The third kappa shape index (κ3) is 2.66. The Labute approximate surface area is 97.8 Å². The van der Waals surface area contributed by atoms with Gasteiger partial charge in [-0.3, -0.25) is 0 Å². The zero-order chi connectivity index (χ0) is 10.8. The van der Waals surface area contributed by atoms with Crippen molar-refractivity contribution in [2.45, 2.75) is 17.3 Å². The van der Waals surface area contributed by atoms with E-state index in [9.17, 15) is 0 Å². The van der Waals surface area contributed by atoms with Crippen LogP contribution in [-0.2, 0) is 0 Å². The number of nitrogen functional groups attached to an aromatic ring is 1. The summed E-state index contributed by atoms with van der Waals surface area (Å²) in [4.78, 5) is 8.11. The summed E-state index contributed by atoms with van der Waals surface area (Å²) < 4.78 is 5.79. The lowest BCUT2D eigenvalue weighted by Crippen LogP contribution is -1.94. The first-order chi connectivity index (χ1) is 7.13. The number of halogens is 1. The number of nitrogens with zero attached hydrogens (tertiary/aromatic N) is 4. The van der Waals surface area contributed by atoms with Crippen LogP contribution in [0.1, 0.15) is 5.89 Å². The molecule has 2 rings (SSSR count). The predicted octanol–water partition coefficient (Wildman–Crippen LogP) is 1.66. The predicted molar refractivity (Wildman–Crippen MR) is 57.3 cm³/mol. The molecule has 0 spiro atoms. The summed E-state index contributed by atoms with van der Waals surface area (Å²) in [6, 6.07) is 1.61. The molecule has 0 atom stereocenters. The van der Waals surface area contributed by atoms with E-state index in [1.165, 1.54) is 0 Å². The summed E-state index contributed by atoms with van der Waals surface area (Å²) in [5.41, 5.74) is 5.56. The molecule has 78 valence electrons. The van der Waals surface area contributed by atoms with Crippen molar-refractivity contribution in [1.82, 2.24) is 20.2 Å². The maximum Gasteiger partial charge on any atom is 0.284 e. The first-order valence-electron chi connectivity index (χ1n) is 3.91. The molecular weight excluding hydrogens is 282 g/mol. The highest BCUT2D eigenvalue weighted by Crippen LogP contribution is 2.24. The van der Waals surface area contributed by atoms with E-state index in [0.717, 1.165) is 11.8 Å². The van der Waals surface area contributed by atoms with E-state index in [1.807, 2.05) is 0 Å². The van der Waals surface area contributed by atoms with Crippen LogP contribution in [0.3, 0.4) is 0 Å². The molecule has 15 heavy (non-hydrogen) atoms. The summed E-state index contributed by atoms with van der Waals surface area (Å²) in [6.07, 6.45) is 0. The van der Waals surface area contributed by atoms with Crippen molar-refractivity contribution in [3.63, 3.8) is 0 Å². The summed E-state index contributed by atoms with van der Waals surface area (Å²) in [6.45, 7) is 1.72. The Hall–Kier alpha value is -1.15. The number of hydrogen-bond acceptors (Lipinski definition) is 7. The fourth-order valence-corrected chi connectivity index (χ4v) is 2.07. The standard InChI is InChI=1S/C7H6BrN5OS/c1-3-12-13-7(14-3)15-6-10-4(8)2-5(9)11-6/h2H,1H3,(H2,9,10,11). The van der Waals surface area contributed by atoms with Crippen molar-refractivity contribution >= 4 is 33.5 Å². The smallest absolute Gasteiger partial charge is 0.284 e. The van der Waals surface area contributed by atoms with Crippen molar-refractivity contribution in [2.24, 2.45) is 0 Å². The van der Waals surface area contributed by atoms with Crippen LogP contribution in [0, 0.1) is 6.92 Å². The third-order valence-corrected chi connectivity index (χ3v) is 2.49. The maximum absolute atomic E-state index is 5.56. The van der Waals surface area contributed by atoms with Gasteiger partial charge in [-0.05, 0) is 15.9 Å². The largest absolute Gasteiger partial charge is 0.416 e. The molecule has 0 saturated carbocycles. The molecule has 2 aromatic rings. The molecule has 2 N–H and O–H groups in total. The van der Waals surface area contributed by atoms with Crippen molar-refractivity contribution in [1.29, 1.82) is 0 Å². The highest BCUT2D eigenvalue weighted by molar-refractivity contribution is 9.10. The minimum absolute atomic E-state index is 0.385. The second-order valence-corrected chi connectivity index (χ2v) is 4.32. The first kappa shape index (κ1) is 10.4. The summed E-state index contributed by atoms with van der Waals surface area (Å²) in [7, 11) is 0. The molecule has 8 heteroatoms. The van der Waals surface area contributed by atoms with Crippen molar-refractivity contribution in [3.8, 4) is 0 Å². The first-order valence-corrected chi connectivity index (χ1v) is 5.52. The van der Waals surface area contributed by atoms with E-state index >= 15 is 0 Å². The molecule has 0 aliphatic rings. The molecule has 0 aromatic carbocycles. The van der Waals surface area contributed by atoms with Crippen molar-refractivity contribution < 1.29 is 4.42 Å². The van der Waals surface area contributed by atoms with E-state index in [-0.39, 0.29) is 0 Å². The Bertz CT molecular complexity index is 468. The Balaban J connectivity index is 2.24. The van der Waals surface area contributed by atoms with Gasteiger partial charge < -0.3 is 10.2 Å². The second-order valence-electron chi connectivity index (χ2n) is 2.59. The molecule has 6 nitrogen and oxygen atoms in total. The average molecular weight is 288 g/mol. The van der Waals surface area contributed by atoms with Gasteiger partial charge in [0.2, 0.25) is 5.89 Å². The van der Waals surface area contributed by atoms with Crippen LogP contribution in [0.5, 0.6) is 0 Å². The molecule has 0 radical (unpaired) electrons. The van der Waals surface area contributed by atoms with Gasteiger partial charge in [0.05, 0.1) is 0 Å². The minimum atomic E-state index is 0.385. The summed E-state index contributed by atoms with van der Waals surface area (Å²) in [5.74, 6) is 0.885. The van der Waals surface area contributed by atoms with Crippen LogP contribution in [0.2, 0.25) is 0 Å². The number of nitrogens with two attached hydrogens (primary N) is 1. The van der Waals surface area contributed by atoms with E-state index in [1.54, 1.807) is 13.0 Å². The molecule has 0 bridgehead atoms. The fourth-order valence-electron chi connectivity index (χ4n) is 0.857. The van der Waals surface area contributed by atoms with Gasteiger partial charge in [0.15, 0.2) is 5.16 Å². The maximum atomic E-state index is 5.56. The van der Waals surface area contributed by atoms with Crippen LogP contribution < -0.4 is 5.73 Å². The Morgan fingerprint density at radius 2 is 2.20 bits per heavy atom. The average Bonchev–Trinajstić information content (AvgIpc) is 2.49. The van der Waals surface area contributed by atoms with Crippen LogP contribution in [0.15, 0.2) is 25.5 Å². The van der Waals surface area contributed by atoms with E-state index < -0.39 is 0 Å². The number of aryl methyl sites for hydroxylation is 1. The lowest BCUT2D eigenvalue weighted by molar-refractivity contribution is 0.429. The van der Waals surface area contributed by atoms with Crippen LogP contribution in [0.25, 0.3) is 0 Å². The van der Waals surface area contributed by atoms with Gasteiger partial charge >= 0.3 is 0 Å². The fraction of sp³-hybridized carbons (Fsp3) is 0.143. The molecule has 2 aromatic heterocycles. The van der Waals surface area contributed by atoms with Crippen molar-refractivity contribution in [2.75, 3.05) is 5.73 Å². The van der Waals surface area contributed by atoms with Crippen LogP contribution in [-0.4, -0.2) is 20.2 Å². The summed E-state index contributed by atoms with van der Waals surface area (Å²) in [5, 5.41) is 8.36. The number of hydrogen-bond donors (Lipinski definition) is 1. The summed E-state index contributed by atoms with van der Waals surface area (Å²) >= 11 is 4.38. The van der Waals surface area contributed by atoms with Crippen LogP contribution >= 0.6 is 27.7 Å². The molecule has 0 aliphatic heterocycles. The van der Waals surface area contributed by atoms with Gasteiger partial charge in [0.1, 0.15) is 10.4 Å². The minimum Gasteiger partial charge on any atom is -0.416 e. The van der Waals surface area contributed by atoms with Gasteiger partial charge in [0.25, 0.3) is 5.22 Å². The highest BCUT2D eigenvalue weighted by Gasteiger charge is 2.08. The topological polar surface area (TPSA) is 90.7 Å². The van der Waals surface area contributed by atoms with Gasteiger partial charge in [-0.15, -0.1) is 10.2 Å². The molecule has 2 heterocycles. The Morgan fingerprint density at radius 1 is 1.40 bits per heavy atom. The lowest BCUT2D eigenvalue weighted by atomic mass is 10.6. The number of anilines is 1. The van der Waals surface area contributed by atoms with E-state index in [4.69, 9.17) is 10.2 Å². The quantitative estimate of drug-likeness (QED) is 0.663. The van der Waals surface area contributed by atoms with Gasteiger partial charge in [0, 0.05) is 24.8 Å². The molecular formula is C7H6BrN5OS. The zero-order valence-corrected chi connectivity index (χ0v) is 10.0. The van der Waals surface area contributed by atoms with Gasteiger partial charge in [-0.25, -0.2) is 9.97 Å². The molecule has 0 unspecified atom stereocenters. The SMILES string of the molecule is Cc1nnc(Sc2nc(N)cc(Br)n2)o1. The molecule has 0 saturated heterocycles. The molecule has 0 amide bonds. The van der Waals surface area contributed by atoms with E-state index in [2.05, 4.69) is 36.1 Å². The second kappa shape index (κ2) is 4.15. The van der Waals surface area contributed by atoms with Gasteiger partial charge in [-0.2, -0.15) is 0 Å². The Morgan fingerprint density at radius 3 is 2.80 bits per heavy atom. The highest BCUT2D eigenvalue weighted by atomic mass is 79.9. The number of rotatable bonds is 2. The zero-order valence-electron chi connectivity index (χ0n) is 7.64. The Kier molecular flexibility index (Phi) is 2.87. The lowest BCUT2D eigenvalue weighted by Gasteiger charge is -1.97. The van der Waals surface area contributed by atoms with Crippen molar-refractivity contribution in [3.05, 3.63) is 16.6 Å². The monoisotopic (exact) mass is 287 g/mol. The third-order valence-electron chi connectivity index (χ3n) is 1.38. The molecule has 0 fully saturated rings. The van der Waals surface area contributed by atoms with E-state index in [0.29, 0.717) is 26.7 Å². The normalized spacial score (nSPS) is 10.5. The number of aromatic nitrogens is 4. The van der Waals surface area contributed by atoms with Crippen LogP contribution in [0.4, 0.5) is 5.82 Å².